The number of rotatable bonds is 1. The maximum atomic E-state index is 11.7. The molecule has 0 heterocycles. The van der Waals surface area contributed by atoms with E-state index in [1.165, 1.54) is 6.92 Å². The van der Waals surface area contributed by atoms with Crippen molar-refractivity contribution >= 4 is 5.97 Å². The number of aliphatic hydroxyl groups excluding tert-OH is 1. The largest absolute Gasteiger partial charge is 0.462 e. The number of carbonyl (C=O) groups is 1. The molecule has 4 heteroatoms. The van der Waals surface area contributed by atoms with E-state index in [1.807, 2.05) is 0 Å². The third kappa shape index (κ3) is 1.78. The van der Waals surface area contributed by atoms with Crippen molar-refractivity contribution in [3.8, 4) is 0 Å². The topological polar surface area (TPSA) is 66.8 Å². The Morgan fingerprint density at radius 1 is 1.29 bits per heavy atom. The summed E-state index contributed by atoms with van der Waals surface area (Å²) in [5.41, 5.74) is -1.33. The van der Waals surface area contributed by atoms with Crippen molar-refractivity contribution in [1.29, 1.82) is 0 Å². The molecule has 4 nitrogen and oxygen atoms in total. The molecule has 0 radical (unpaired) electrons. The van der Waals surface area contributed by atoms with E-state index >= 15 is 0 Å². The van der Waals surface area contributed by atoms with E-state index in [-0.39, 0.29) is 40.7 Å². The van der Waals surface area contributed by atoms with Crippen molar-refractivity contribution < 1.29 is 19.7 Å². The summed E-state index contributed by atoms with van der Waals surface area (Å²) in [6.45, 7) is 9.92. The molecule has 3 aliphatic carbocycles. The zero-order valence-electron chi connectivity index (χ0n) is 13.7. The molecule has 7 atom stereocenters. The fourth-order valence-corrected chi connectivity index (χ4v) is 6.53. The van der Waals surface area contributed by atoms with Gasteiger partial charge >= 0.3 is 5.97 Å². The van der Waals surface area contributed by atoms with Crippen LogP contribution in [-0.4, -0.2) is 34.0 Å². The average molecular weight is 296 g/mol. The molecule has 3 saturated carbocycles. The van der Waals surface area contributed by atoms with Gasteiger partial charge in [0.25, 0.3) is 0 Å². The average Bonchev–Trinajstić information content (AvgIpc) is 2.51. The Balaban J connectivity index is 2.10. The van der Waals surface area contributed by atoms with Crippen LogP contribution >= 0.6 is 0 Å². The molecule has 2 N–H and O–H groups in total. The highest BCUT2D eigenvalue weighted by atomic mass is 16.5. The summed E-state index contributed by atoms with van der Waals surface area (Å²) < 4.78 is 5.60. The lowest BCUT2D eigenvalue weighted by molar-refractivity contribution is -0.202. The molecule has 21 heavy (non-hydrogen) atoms. The van der Waals surface area contributed by atoms with Gasteiger partial charge < -0.3 is 14.9 Å². The summed E-state index contributed by atoms with van der Waals surface area (Å²) in [6, 6.07) is 0. The van der Waals surface area contributed by atoms with Crippen LogP contribution in [-0.2, 0) is 9.53 Å². The van der Waals surface area contributed by atoms with Gasteiger partial charge in [-0.05, 0) is 30.6 Å². The molecule has 0 aliphatic heterocycles. The normalized spacial score (nSPS) is 54.3. The lowest BCUT2D eigenvalue weighted by Crippen LogP contribution is -2.60. The highest BCUT2D eigenvalue weighted by molar-refractivity contribution is 5.66. The van der Waals surface area contributed by atoms with Gasteiger partial charge in [0.2, 0.25) is 0 Å². The Bertz CT molecular complexity index is 473. The van der Waals surface area contributed by atoms with Gasteiger partial charge in [-0.15, -0.1) is 0 Å². The van der Waals surface area contributed by atoms with Crippen LogP contribution < -0.4 is 0 Å². The van der Waals surface area contributed by atoms with Crippen LogP contribution in [0, 0.1) is 28.6 Å². The minimum absolute atomic E-state index is 0.0951. The van der Waals surface area contributed by atoms with Crippen LogP contribution in [0.2, 0.25) is 0 Å². The summed E-state index contributed by atoms with van der Waals surface area (Å²) in [5, 5.41) is 22.2. The van der Waals surface area contributed by atoms with E-state index in [4.69, 9.17) is 4.74 Å². The van der Waals surface area contributed by atoms with Crippen LogP contribution in [0.5, 0.6) is 0 Å². The number of hydrogen-bond donors (Lipinski definition) is 2. The van der Waals surface area contributed by atoms with Crippen LogP contribution in [0.1, 0.15) is 53.9 Å². The zero-order chi connectivity index (χ0) is 15.8. The predicted octanol–water partition coefficient (Wildman–Crippen LogP) is 2.12. The monoisotopic (exact) mass is 296 g/mol. The first-order valence-corrected chi connectivity index (χ1v) is 8.10. The maximum absolute atomic E-state index is 11.7. The van der Waals surface area contributed by atoms with E-state index in [2.05, 4.69) is 27.7 Å². The number of hydrogen-bond acceptors (Lipinski definition) is 4. The fraction of sp³-hybridized carbons (Fsp3) is 0.941. The number of esters is 1. The summed E-state index contributed by atoms with van der Waals surface area (Å²) in [7, 11) is 0. The van der Waals surface area contributed by atoms with Crippen LogP contribution in [0.4, 0.5) is 0 Å². The molecule has 3 fully saturated rings. The first kappa shape index (κ1) is 15.3. The lowest BCUT2D eigenvalue weighted by atomic mass is 9.58. The van der Waals surface area contributed by atoms with Gasteiger partial charge in [-0.2, -0.15) is 0 Å². The van der Waals surface area contributed by atoms with Gasteiger partial charge in [-0.1, -0.05) is 27.7 Å². The Kier molecular flexibility index (Phi) is 3.08. The quantitative estimate of drug-likeness (QED) is 0.727. The number of carbonyl (C=O) groups excluding carboxylic acids is 1. The molecule has 0 aromatic rings. The lowest BCUT2D eigenvalue weighted by Gasteiger charge is -2.52. The van der Waals surface area contributed by atoms with Gasteiger partial charge in [0.1, 0.15) is 6.10 Å². The molecule has 7 unspecified atom stereocenters. The van der Waals surface area contributed by atoms with Crippen molar-refractivity contribution in [1.82, 2.24) is 0 Å². The second-order valence-electron chi connectivity index (χ2n) is 8.69. The number of ether oxygens (including phenoxy) is 1. The minimum Gasteiger partial charge on any atom is -0.462 e. The van der Waals surface area contributed by atoms with Gasteiger partial charge in [-0.25, -0.2) is 0 Å². The second kappa shape index (κ2) is 4.23. The maximum Gasteiger partial charge on any atom is 0.302 e. The van der Waals surface area contributed by atoms with E-state index in [0.29, 0.717) is 6.42 Å². The summed E-state index contributed by atoms with van der Waals surface area (Å²) >= 11 is 0. The minimum atomic E-state index is -0.937. The summed E-state index contributed by atoms with van der Waals surface area (Å²) in [6.07, 6.45) is 1.53. The van der Waals surface area contributed by atoms with E-state index in [0.717, 1.165) is 12.8 Å². The van der Waals surface area contributed by atoms with Crippen LogP contribution in [0.15, 0.2) is 0 Å². The van der Waals surface area contributed by atoms with Gasteiger partial charge in [0, 0.05) is 24.2 Å². The Labute approximate surface area is 126 Å². The van der Waals surface area contributed by atoms with Crippen molar-refractivity contribution in [2.24, 2.45) is 28.6 Å². The standard InChI is InChI=1S/C17H28O4/c1-9-6-12(21-10(2)18)14-15(3,4)8-16(5)7-11(19)13(9)17(14,16)20/h9,11-14,19-20H,6-8H2,1-5H3. The molecule has 0 bridgehead atoms. The molecule has 0 amide bonds. The molecule has 0 spiro atoms. The van der Waals surface area contributed by atoms with Gasteiger partial charge in [0.05, 0.1) is 11.7 Å². The Morgan fingerprint density at radius 2 is 1.90 bits per heavy atom. The zero-order valence-corrected chi connectivity index (χ0v) is 13.7. The molecular weight excluding hydrogens is 268 g/mol. The Morgan fingerprint density at radius 3 is 2.48 bits per heavy atom. The van der Waals surface area contributed by atoms with Crippen molar-refractivity contribution in [3.05, 3.63) is 0 Å². The van der Waals surface area contributed by atoms with E-state index in [1.54, 1.807) is 0 Å². The molecule has 0 saturated heterocycles. The fourth-order valence-electron chi connectivity index (χ4n) is 6.53. The van der Waals surface area contributed by atoms with Crippen LogP contribution in [0.3, 0.4) is 0 Å². The number of aliphatic hydroxyl groups is 2. The molecular formula is C17H28O4. The highest BCUT2D eigenvalue weighted by Gasteiger charge is 2.76. The van der Waals surface area contributed by atoms with Crippen LogP contribution in [0.25, 0.3) is 0 Å². The summed E-state index contributed by atoms with van der Waals surface area (Å²) in [5.74, 6) is -0.336. The van der Waals surface area contributed by atoms with E-state index < -0.39 is 11.7 Å². The molecule has 0 aromatic carbocycles. The predicted molar refractivity (Wildman–Crippen MR) is 78.4 cm³/mol. The summed E-state index contributed by atoms with van der Waals surface area (Å²) in [4.78, 5) is 11.5. The van der Waals surface area contributed by atoms with Gasteiger partial charge in [0.15, 0.2) is 0 Å². The first-order chi connectivity index (χ1) is 9.53. The van der Waals surface area contributed by atoms with Crippen molar-refractivity contribution in [2.45, 2.75) is 71.7 Å². The smallest absolute Gasteiger partial charge is 0.302 e. The van der Waals surface area contributed by atoms with Crippen molar-refractivity contribution in [2.75, 3.05) is 0 Å². The first-order valence-electron chi connectivity index (χ1n) is 8.10. The molecule has 120 valence electrons. The molecule has 3 aliphatic rings. The highest BCUT2D eigenvalue weighted by Crippen LogP contribution is 2.72. The molecule has 3 rings (SSSR count). The van der Waals surface area contributed by atoms with Gasteiger partial charge in [-0.3, -0.25) is 4.79 Å². The Hall–Kier alpha value is -0.610. The molecule has 0 aromatic heterocycles. The SMILES string of the molecule is CC(=O)OC1CC(C)C2C(O)CC3(C)CC(C)(C)C1C23O. The van der Waals surface area contributed by atoms with Crippen molar-refractivity contribution in [3.63, 3.8) is 0 Å². The third-order valence-corrected chi connectivity index (χ3v) is 6.62. The second-order valence-corrected chi connectivity index (χ2v) is 8.69. The van der Waals surface area contributed by atoms with E-state index in [9.17, 15) is 15.0 Å². The third-order valence-electron chi connectivity index (χ3n) is 6.62.